The highest BCUT2D eigenvalue weighted by Gasteiger charge is 2.38. The summed E-state index contributed by atoms with van der Waals surface area (Å²) in [6, 6.07) is 3.39. The van der Waals surface area contributed by atoms with E-state index in [1.165, 1.54) is 25.6 Å². The topological polar surface area (TPSA) is 80.3 Å². The monoisotopic (exact) mass is 421 g/mol. The highest BCUT2D eigenvalue weighted by atomic mass is 35.5. The minimum atomic E-state index is -3.74. The Bertz CT molecular complexity index is 715. The van der Waals surface area contributed by atoms with E-state index in [0.29, 0.717) is 18.8 Å². The molecule has 2 aliphatic rings. The summed E-state index contributed by atoms with van der Waals surface area (Å²) >= 11 is 0. The van der Waals surface area contributed by atoms with Gasteiger partial charge in [0.15, 0.2) is 4.90 Å². The third-order valence-corrected chi connectivity index (χ3v) is 6.99. The van der Waals surface area contributed by atoms with E-state index in [4.69, 9.17) is 14.2 Å². The summed E-state index contributed by atoms with van der Waals surface area (Å²) in [5.41, 5.74) is 0. The Balaban J connectivity index is 0.00000261. The van der Waals surface area contributed by atoms with E-state index < -0.39 is 10.0 Å². The largest absolute Gasteiger partial charge is 0.496 e. The zero-order valence-corrected chi connectivity index (χ0v) is 17.6. The fourth-order valence-electron chi connectivity index (χ4n) is 3.63. The number of sulfonamides is 1. The Morgan fingerprint density at radius 3 is 2.11 bits per heavy atom. The van der Waals surface area contributed by atoms with Gasteiger partial charge in [0, 0.05) is 57.4 Å². The molecule has 1 aromatic carbocycles. The highest BCUT2D eigenvalue weighted by Crippen LogP contribution is 2.40. The number of piperazine rings is 1. The Labute approximate surface area is 167 Å². The number of benzene rings is 1. The van der Waals surface area contributed by atoms with Crippen LogP contribution in [0.3, 0.4) is 0 Å². The molecule has 1 unspecified atom stereocenters. The summed E-state index contributed by atoms with van der Waals surface area (Å²) in [4.78, 5) is 2.43. The average molecular weight is 422 g/mol. The van der Waals surface area contributed by atoms with Crippen LogP contribution in [0.25, 0.3) is 0 Å². The molecular formula is C17H28ClN3O5S. The first-order valence-electron chi connectivity index (χ1n) is 8.76. The van der Waals surface area contributed by atoms with Crippen LogP contribution in [0.4, 0.5) is 0 Å². The van der Waals surface area contributed by atoms with Crippen molar-refractivity contribution in [1.82, 2.24) is 14.5 Å². The van der Waals surface area contributed by atoms with Crippen molar-refractivity contribution >= 4 is 22.4 Å². The molecule has 1 atom stereocenters. The van der Waals surface area contributed by atoms with Crippen LogP contribution in [0.5, 0.6) is 17.2 Å². The van der Waals surface area contributed by atoms with E-state index in [0.717, 1.165) is 32.6 Å². The molecule has 0 aromatic heterocycles. The van der Waals surface area contributed by atoms with Gasteiger partial charge in [-0.05, 0) is 6.42 Å². The van der Waals surface area contributed by atoms with Crippen molar-refractivity contribution in [2.75, 3.05) is 60.6 Å². The molecule has 0 bridgehead atoms. The van der Waals surface area contributed by atoms with Gasteiger partial charge in [0.2, 0.25) is 0 Å². The molecular weight excluding hydrogens is 394 g/mol. The molecule has 0 radical (unpaired) electrons. The van der Waals surface area contributed by atoms with E-state index >= 15 is 0 Å². The summed E-state index contributed by atoms with van der Waals surface area (Å²) in [5.74, 6) is 0.941. The number of methoxy groups -OCH3 is 3. The van der Waals surface area contributed by atoms with Crippen molar-refractivity contribution in [3.05, 3.63) is 12.1 Å². The first kappa shape index (κ1) is 22.0. The van der Waals surface area contributed by atoms with E-state index in [-0.39, 0.29) is 34.8 Å². The molecule has 3 rings (SSSR count). The molecule has 2 aliphatic heterocycles. The summed E-state index contributed by atoms with van der Waals surface area (Å²) in [6.45, 7) is 4.78. The third kappa shape index (κ3) is 4.43. The molecule has 2 saturated heterocycles. The number of ether oxygens (including phenoxy) is 3. The molecule has 8 nitrogen and oxygen atoms in total. The second-order valence-electron chi connectivity index (χ2n) is 6.45. The van der Waals surface area contributed by atoms with Crippen molar-refractivity contribution in [2.24, 2.45) is 0 Å². The zero-order valence-electron chi connectivity index (χ0n) is 15.9. The van der Waals surface area contributed by atoms with E-state index in [1.54, 1.807) is 12.1 Å². The molecule has 0 aliphatic carbocycles. The van der Waals surface area contributed by atoms with Gasteiger partial charge in [-0.25, -0.2) is 8.42 Å². The quantitative estimate of drug-likeness (QED) is 0.727. The minimum absolute atomic E-state index is 0. The molecule has 1 N–H and O–H groups in total. The van der Waals surface area contributed by atoms with Gasteiger partial charge in [0.25, 0.3) is 10.0 Å². The minimum Gasteiger partial charge on any atom is -0.496 e. The maximum atomic E-state index is 13.3. The molecule has 0 saturated carbocycles. The van der Waals surface area contributed by atoms with Crippen LogP contribution in [0, 0.1) is 0 Å². The van der Waals surface area contributed by atoms with Gasteiger partial charge < -0.3 is 19.5 Å². The normalized spacial score (nSPS) is 21.5. The Morgan fingerprint density at radius 2 is 1.59 bits per heavy atom. The smallest absolute Gasteiger partial charge is 0.250 e. The van der Waals surface area contributed by atoms with Crippen molar-refractivity contribution in [3.8, 4) is 17.2 Å². The molecule has 0 spiro atoms. The van der Waals surface area contributed by atoms with E-state index in [9.17, 15) is 8.42 Å². The fraction of sp³-hybridized carbons (Fsp3) is 0.647. The molecule has 10 heteroatoms. The average Bonchev–Trinajstić information content (AvgIpc) is 3.18. The standard InChI is InChI=1S/C17H27N3O5S.ClH/c1-23-14-10-15(24-2)17(16(11-14)25-3)26(21,22)20-7-4-13(12-20)19-8-5-18-6-9-19;/h10-11,13,18H,4-9,12H2,1-3H3;1H. The lowest BCUT2D eigenvalue weighted by Crippen LogP contribution is -2.49. The van der Waals surface area contributed by atoms with Gasteiger partial charge in [-0.2, -0.15) is 4.31 Å². The van der Waals surface area contributed by atoms with E-state index in [2.05, 4.69) is 10.2 Å². The Hall–Kier alpha value is -1.26. The van der Waals surface area contributed by atoms with Crippen LogP contribution in [-0.2, 0) is 10.0 Å². The molecule has 1 aromatic rings. The van der Waals surface area contributed by atoms with E-state index in [1.807, 2.05) is 0 Å². The summed E-state index contributed by atoms with van der Waals surface area (Å²) in [5, 5.41) is 3.33. The SMILES string of the molecule is COc1cc(OC)c(S(=O)(=O)N2CCC(N3CCNCC3)C2)c(OC)c1.Cl. The summed E-state index contributed by atoms with van der Waals surface area (Å²) in [7, 11) is 0.670. The lowest BCUT2D eigenvalue weighted by molar-refractivity contribution is 0.179. The van der Waals surface area contributed by atoms with Crippen molar-refractivity contribution in [2.45, 2.75) is 17.4 Å². The molecule has 154 valence electrons. The van der Waals surface area contributed by atoms with Gasteiger partial charge >= 0.3 is 0 Å². The second-order valence-corrected chi connectivity index (χ2v) is 8.33. The Morgan fingerprint density at radius 1 is 1.00 bits per heavy atom. The van der Waals surface area contributed by atoms with Crippen molar-refractivity contribution < 1.29 is 22.6 Å². The number of nitrogens with one attached hydrogen (secondary N) is 1. The predicted molar refractivity (Wildman–Crippen MR) is 105 cm³/mol. The van der Waals surface area contributed by atoms with Gasteiger partial charge in [0.1, 0.15) is 17.2 Å². The van der Waals surface area contributed by atoms with Crippen LogP contribution in [0.2, 0.25) is 0 Å². The van der Waals surface area contributed by atoms with Crippen LogP contribution in [-0.4, -0.2) is 84.3 Å². The fourth-order valence-corrected chi connectivity index (χ4v) is 5.40. The summed E-state index contributed by atoms with van der Waals surface area (Å²) in [6.07, 6.45) is 0.833. The number of hydrogen-bond acceptors (Lipinski definition) is 7. The predicted octanol–water partition coefficient (Wildman–Crippen LogP) is 0.802. The van der Waals surface area contributed by atoms with Crippen LogP contribution < -0.4 is 19.5 Å². The maximum Gasteiger partial charge on any atom is 0.250 e. The third-order valence-electron chi connectivity index (χ3n) is 5.06. The van der Waals surface area contributed by atoms with Crippen molar-refractivity contribution in [3.63, 3.8) is 0 Å². The van der Waals surface area contributed by atoms with Gasteiger partial charge in [-0.3, -0.25) is 4.90 Å². The first-order valence-corrected chi connectivity index (χ1v) is 10.2. The maximum absolute atomic E-state index is 13.3. The zero-order chi connectivity index (χ0) is 18.7. The van der Waals surface area contributed by atoms with Crippen molar-refractivity contribution in [1.29, 1.82) is 0 Å². The molecule has 2 fully saturated rings. The van der Waals surface area contributed by atoms with Gasteiger partial charge in [0.05, 0.1) is 21.3 Å². The number of nitrogens with zero attached hydrogens (tertiary/aromatic N) is 2. The van der Waals surface area contributed by atoms with Crippen LogP contribution in [0.15, 0.2) is 17.0 Å². The lowest BCUT2D eigenvalue weighted by Gasteiger charge is -2.32. The lowest BCUT2D eigenvalue weighted by atomic mass is 10.2. The highest BCUT2D eigenvalue weighted by molar-refractivity contribution is 7.89. The van der Waals surface area contributed by atoms with Crippen LogP contribution in [0.1, 0.15) is 6.42 Å². The summed E-state index contributed by atoms with van der Waals surface area (Å²) < 4.78 is 44.0. The number of rotatable bonds is 6. The second kappa shape index (κ2) is 9.29. The Kier molecular flexibility index (Phi) is 7.58. The molecule has 0 amide bonds. The number of halogens is 1. The first-order chi connectivity index (χ1) is 12.5. The number of hydrogen-bond donors (Lipinski definition) is 1. The van der Waals surface area contributed by atoms with Crippen LogP contribution >= 0.6 is 12.4 Å². The van der Waals surface area contributed by atoms with Gasteiger partial charge in [-0.15, -0.1) is 12.4 Å². The van der Waals surface area contributed by atoms with Gasteiger partial charge in [-0.1, -0.05) is 0 Å². The molecule has 27 heavy (non-hydrogen) atoms. The molecule has 2 heterocycles.